The number of ether oxygens (including phenoxy) is 1. The van der Waals surface area contributed by atoms with Crippen LogP contribution >= 0.6 is 0 Å². The second-order valence-electron chi connectivity index (χ2n) is 23.2. The van der Waals surface area contributed by atoms with Crippen LogP contribution in [0.4, 0.5) is 22.7 Å². The molecular formula is C64H66N4O. The van der Waals surface area contributed by atoms with Crippen molar-refractivity contribution in [3.8, 4) is 39.6 Å². The van der Waals surface area contributed by atoms with E-state index in [0.717, 1.165) is 45.1 Å². The van der Waals surface area contributed by atoms with Gasteiger partial charge in [-0.25, -0.2) is 4.98 Å². The van der Waals surface area contributed by atoms with Crippen molar-refractivity contribution < 1.29 is 4.74 Å². The highest BCUT2D eigenvalue weighted by molar-refractivity contribution is 6.10. The minimum Gasteiger partial charge on any atom is -0.457 e. The molecule has 2 aromatic heterocycles. The summed E-state index contributed by atoms with van der Waals surface area (Å²) in [5.74, 6) is 2.42. The third-order valence-corrected chi connectivity index (χ3v) is 13.9. The van der Waals surface area contributed by atoms with E-state index in [2.05, 4.69) is 261 Å². The average molecular weight is 907 g/mol. The number of nitrogens with zero attached hydrogens (tertiary/aromatic N) is 4. The number of anilines is 4. The fourth-order valence-electron chi connectivity index (χ4n) is 9.66. The van der Waals surface area contributed by atoms with Crippen molar-refractivity contribution in [2.24, 2.45) is 0 Å². The lowest BCUT2D eigenvalue weighted by Crippen LogP contribution is -2.24. The normalized spacial score (nSPS) is 13.4. The molecular weight excluding hydrogens is 841 g/mol. The van der Waals surface area contributed by atoms with E-state index in [-0.39, 0.29) is 21.7 Å². The molecule has 0 aliphatic carbocycles. The number of rotatable bonds is 7. The quantitative estimate of drug-likeness (QED) is 0.160. The van der Waals surface area contributed by atoms with Gasteiger partial charge in [0.25, 0.3) is 0 Å². The van der Waals surface area contributed by atoms with Crippen molar-refractivity contribution >= 4 is 44.6 Å². The van der Waals surface area contributed by atoms with E-state index in [4.69, 9.17) is 9.72 Å². The highest BCUT2D eigenvalue weighted by atomic mass is 16.5. The lowest BCUT2D eigenvalue weighted by Gasteiger charge is -2.28. The van der Waals surface area contributed by atoms with Crippen molar-refractivity contribution in [1.29, 1.82) is 0 Å². The molecule has 9 aromatic rings. The van der Waals surface area contributed by atoms with Crippen LogP contribution in [0.3, 0.4) is 0 Å². The Kier molecular flexibility index (Phi) is 11.1. The molecule has 0 spiro atoms. The van der Waals surface area contributed by atoms with Gasteiger partial charge in [0.15, 0.2) is 0 Å². The number of pyridine rings is 1. The van der Waals surface area contributed by atoms with Gasteiger partial charge in [-0.05, 0) is 139 Å². The Morgan fingerprint density at radius 2 is 0.986 bits per heavy atom. The van der Waals surface area contributed by atoms with Gasteiger partial charge in [0, 0.05) is 40.5 Å². The molecule has 10 rings (SSSR count). The fourth-order valence-corrected chi connectivity index (χ4v) is 9.66. The summed E-state index contributed by atoms with van der Waals surface area (Å²) in [7, 11) is 0. The van der Waals surface area contributed by atoms with E-state index in [9.17, 15) is 0 Å². The molecule has 69 heavy (non-hydrogen) atoms. The standard InChI is InChI=1S/C64H66N4O/c1-61(2,3)46-29-30-65-60(38-46)68-56-28-25-43(42-19-14-13-15-20-42)35-55(56)54-27-26-53(40-59(54)68)69-52-22-18-21-50(39-52)66-41-67(58-24-17-16-23-57(58)66)51-34-45(33-49(37-51)64(10,11)12)44-31-47(62(4,5)6)36-48(32-44)63(7,8)9/h13-40H,41H2,1-12H3. The third kappa shape index (κ3) is 8.92. The summed E-state index contributed by atoms with van der Waals surface area (Å²) in [4.78, 5) is 9.84. The number of hydrogen-bond donors (Lipinski definition) is 0. The van der Waals surface area contributed by atoms with Crippen LogP contribution in [-0.2, 0) is 21.7 Å². The minimum absolute atomic E-state index is 0.0171. The van der Waals surface area contributed by atoms with Crippen molar-refractivity contribution in [3.05, 3.63) is 192 Å². The zero-order valence-corrected chi connectivity index (χ0v) is 42.6. The largest absolute Gasteiger partial charge is 0.457 e. The third-order valence-electron chi connectivity index (χ3n) is 13.9. The van der Waals surface area contributed by atoms with E-state index >= 15 is 0 Å². The Morgan fingerprint density at radius 1 is 0.391 bits per heavy atom. The predicted molar refractivity (Wildman–Crippen MR) is 293 cm³/mol. The molecule has 3 heterocycles. The SMILES string of the molecule is CC(C)(C)c1cc(-c2cc(C(C)(C)C)cc(C(C)(C)C)c2)cc(N2CN(c3cccc(Oc4ccc5c6cc(-c7ccccc7)ccc6n(-c6cc(C(C)(C)C)ccn6)c5c4)c3)c3ccccc32)c1. The summed E-state index contributed by atoms with van der Waals surface area (Å²) in [6.45, 7) is 28.3. The maximum Gasteiger partial charge on any atom is 0.137 e. The summed E-state index contributed by atoms with van der Waals surface area (Å²) < 4.78 is 9.15. The molecule has 0 amide bonds. The molecule has 0 saturated carbocycles. The van der Waals surface area contributed by atoms with Crippen LogP contribution < -0.4 is 14.5 Å². The summed E-state index contributed by atoms with van der Waals surface area (Å²) in [5, 5.41) is 2.32. The summed E-state index contributed by atoms with van der Waals surface area (Å²) in [6, 6.07) is 59.9. The van der Waals surface area contributed by atoms with E-state index in [1.54, 1.807) is 0 Å². The lowest BCUT2D eigenvalue weighted by atomic mass is 9.78. The first-order valence-corrected chi connectivity index (χ1v) is 24.5. The molecule has 7 aromatic carbocycles. The van der Waals surface area contributed by atoms with E-state index in [1.807, 2.05) is 6.20 Å². The van der Waals surface area contributed by atoms with Crippen LogP contribution in [0.5, 0.6) is 11.5 Å². The number of para-hydroxylation sites is 2. The van der Waals surface area contributed by atoms with Crippen LogP contribution in [-0.4, -0.2) is 16.2 Å². The minimum atomic E-state index is -0.0562. The maximum absolute atomic E-state index is 6.85. The number of aromatic nitrogens is 2. The first-order chi connectivity index (χ1) is 32.7. The van der Waals surface area contributed by atoms with Gasteiger partial charge in [0.1, 0.15) is 24.0 Å². The van der Waals surface area contributed by atoms with Gasteiger partial charge in [0.05, 0.1) is 22.4 Å². The van der Waals surface area contributed by atoms with Gasteiger partial charge in [-0.3, -0.25) is 4.57 Å². The van der Waals surface area contributed by atoms with Gasteiger partial charge in [-0.1, -0.05) is 162 Å². The molecule has 0 N–H and O–H groups in total. The molecule has 0 atom stereocenters. The number of benzene rings is 7. The molecule has 1 aliphatic heterocycles. The molecule has 0 saturated heterocycles. The Balaban J connectivity index is 1.02. The van der Waals surface area contributed by atoms with Gasteiger partial charge in [-0.2, -0.15) is 0 Å². The first kappa shape index (κ1) is 45.7. The highest BCUT2D eigenvalue weighted by Gasteiger charge is 2.30. The van der Waals surface area contributed by atoms with Crippen LogP contribution in [0.2, 0.25) is 0 Å². The Morgan fingerprint density at radius 3 is 1.64 bits per heavy atom. The lowest BCUT2D eigenvalue weighted by molar-refractivity contribution is 0.483. The fraction of sp³-hybridized carbons (Fsp3) is 0.266. The molecule has 348 valence electrons. The predicted octanol–water partition coefficient (Wildman–Crippen LogP) is 17.7. The average Bonchev–Trinajstić information content (AvgIpc) is 3.86. The first-order valence-electron chi connectivity index (χ1n) is 24.5. The van der Waals surface area contributed by atoms with Gasteiger partial charge in [0.2, 0.25) is 0 Å². The zero-order chi connectivity index (χ0) is 48.6. The van der Waals surface area contributed by atoms with E-state index < -0.39 is 0 Å². The molecule has 1 aliphatic rings. The summed E-state index contributed by atoms with van der Waals surface area (Å²) in [6.07, 6.45) is 1.93. The molecule has 5 heteroatoms. The Hall–Kier alpha value is -7.11. The second kappa shape index (κ2) is 16.8. The zero-order valence-electron chi connectivity index (χ0n) is 42.6. The molecule has 5 nitrogen and oxygen atoms in total. The van der Waals surface area contributed by atoms with Crippen LogP contribution in [0.1, 0.15) is 105 Å². The molecule has 0 unspecified atom stereocenters. The van der Waals surface area contributed by atoms with Gasteiger partial charge >= 0.3 is 0 Å². The number of fused-ring (bicyclic) bond motifs is 4. The molecule has 0 fully saturated rings. The monoisotopic (exact) mass is 907 g/mol. The van der Waals surface area contributed by atoms with Gasteiger partial charge in [-0.15, -0.1) is 0 Å². The van der Waals surface area contributed by atoms with E-state index in [1.165, 1.54) is 61.3 Å². The maximum atomic E-state index is 6.85. The van der Waals surface area contributed by atoms with Crippen LogP contribution in [0, 0.1) is 0 Å². The topological polar surface area (TPSA) is 33.5 Å². The van der Waals surface area contributed by atoms with E-state index in [0.29, 0.717) is 6.67 Å². The van der Waals surface area contributed by atoms with Crippen LogP contribution in [0.25, 0.3) is 49.9 Å². The van der Waals surface area contributed by atoms with Crippen molar-refractivity contribution in [2.45, 2.75) is 105 Å². The highest BCUT2D eigenvalue weighted by Crippen LogP contribution is 2.47. The van der Waals surface area contributed by atoms with Crippen molar-refractivity contribution in [2.75, 3.05) is 16.5 Å². The smallest absolute Gasteiger partial charge is 0.137 e. The second-order valence-corrected chi connectivity index (χ2v) is 23.2. The molecule has 0 radical (unpaired) electrons. The summed E-state index contributed by atoms with van der Waals surface area (Å²) in [5.41, 5.74) is 16.8. The van der Waals surface area contributed by atoms with Gasteiger partial charge < -0.3 is 14.5 Å². The van der Waals surface area contributed by atoms with Crippen molar-refractivity contribution in [3.63, 3.8) is 0 Å². The number of hydrogen-bond acceptors (Lipinski definition) is 4. The Bertz CT molecular complexity index is 3350. The van der Waals surface area contributed by atoms with Crippen LogP contribution in [0.15, 0.2) is 170 Å². The Labute approximate surface area is 410 Å². The summed E-state index contributed by atoms with van der Waals surface area (Å²) >= 11 is 0. The molecule has 0 bridgehead atoms. The van der Waals surface area contributed by atoms with Crippen molar-refractivity contribution in [1.82, 2.24) is 9.55 Å².